The highest BCUT2D eigenvalue weighted by molar-refractivity contribution is 5.98. The Hall–Kier alpha value is -3.60. The third-order valence-electron chi connectivity index (χ3n) is 5.60. The normalized spacial score (nSPS) is 10.7. The Kier molecular flexibility index (Phi) is 9.71. The van der Waals surface area contributed by atoms with E-state index in [1.54, 1.807) is 18.2 Å². The molecule has 0 radical (unpaired) electrons. The van der Waals surface area contributed by atoms with Gasteiger partial charge in [-0.2, -0.15) is 0 Å². The summed E-state index contributed by atoms with van der Waals surface area (Å²) in [5, 5.41) is 2.98. The van der Waals surface area contributed by atoms with Crippen molar-refractivity contribution in [2.24, 2.45) is 0 Å². The number of ether oxygens (including phenoxy) is 2. The summed E-state index contributed by atoms with van der Waals surface area (Å²) in [7, 11) is 0. The fourth-order valence-corrected chi connectivity index (χ4v) is 3.94. The number of nitrogens with one attached hydrogen (secondary N) is 1. The van der Waals surface area contributed by atoms with Crippen LogP contribution in [0.2, 0.25) is 0 Å². The quantitative estimate of drug-likeness (QED) is 0.329. The van der Waals surface area contributed by atoms with Crippen molar-refractivity contribution >= 4 is 11.7 Å². The summed E-state index contributed by atoms with van der Waals surface area (Å²) in [5.74, 6) is 1.15. The van der Waals surface area contributed by atoms with Gasteiger partial charge in [-0.05, 0) is 49.6 Å². The van der Waals surface area contributed by atoms with Crippen molar-refractivity contribution in [3.05, 3.63) is 95.6 Å². The minimum Gasteiger partial charge on any atom is -0.490 e. The van der Waals surface area contributed by atoms with Crippen molar-refractivity contribution in [3.8, 4) is 11.5 Å². The topological polar surface area (TPSA) is 64.6 Å². The van der Waals surface area contributed by atoms with E-state index in [1.165, 1.54) is 11.1 Å². The molecule has 3 rings (SSSR count). The van der Waals surface area contributed by atoms with Gasteiger partial charge in [-0.25, -0.2) is 0 Å². The summed E-state index contributed by atoms with van der Waals surface area (Å²) in [5.41, 5.74) is 2.96. The monoisotopic (exact) mass is 459 g/mol. The lowest BCUT2D eigenvalue weighted by Crippen LogP contribution is -2.26. The molecule has 1 N–H and O–H groups in total. The van der Waals surface area contributed by atoms with E-state index in [-0.39, 0.29) is 30.4 Å². The van der Waals surface area contributed by atoms with Crippen molar-refractivity contribution < 1.29 is 19.1 Å². The lowest BCUT2D eigenvalue weighted by atomic mass is 9.88. The van der Waals surface area contributed by atoms with Gasteiger partial charge in [-0.1, -0.05) is 60.7 Å². The van der Waals surface area contributed by atoms with Gasteiger partial charge in [-0.15, -0.1) is 0 Å². The van der Waals surface area contributed by atoms with Crippen LogP contribution in [0, 0.1) is 0 Å². The molecule has 0 saturated heterocycles. The molecule has 3 aromatic rings. The number of hydrogen-bond donors (Lipinski definition) is 1. The molecule has 0 aromatic heterocycles. The molecule has 0 fully saturated rings. The van der Waals surface area contributed by atoms with E-state index in [0.29, 0.717) is 36.8 Å². The van der Waals surface area contributed by atoms with Crippen LogP contribution < -0.4 is 14.8 Å². The Bertz CT molecular complexity index is 1010. The second-order valence-corrected chi connectivity index (χ2v) is 7.96. The first kappa shape index (κ1) is 25.0. The Morgan fingerprint density at radius 3 is 1.94 bits per heavy atom. The van der Waals surface area contributed by atoms with Gasteiger partial charge < -0.3 is 14.8 Å². The van der Waals surface area contributed by atoms with Crippen LogP contribution >= 0.6 is 0 Å². The summed E-state index contributed by atoms with van der Waals surface area (Å²) in [6.07, 6.45) is 1.08. The van der Waals surface area contributed by atoms with Crippen molar-refractivity contribution in [3.63, 3.8) is 0 Å². The molecular formula is C29H33NO4. The Morgan fingerprint density at radius 1 is 0.765 bits per heavy atom. The maximum Gasteiger partial charge on any atom is 0.220 e. The number of ketones is 1. The fourth-order valence-electron chi connectivity index (χ4n) is 3.94. The molecule has 0 bridgehead atoms. The van der Waals surface area contributed by atoms with Crippen LogP contribution in [0.4, 0.5) is 0 Å². The summed E-state index contributed by atoms with van der Waals surface area (Å²) < 4.78 is 11.1. The van der Waals surface area contributed by atoms with Gasteiger partial charge in [0.1, 0.15) is 0 Å². The van der Waals surface area contributed by atoms with E-state index in [1.807, 2.05) is 50.2 Å². The zero-order chi connectivity index (χ0) is 24.2. The van der Waals surface area contributed by atoms with Gasteiger partial charge in [0.2, 0.25) is 5.91 Å². The molecule has 0 heterocycles. The fraction of sp³-hybridized carbons (Fsp3) is 0.310. The SMILES string of the molecule is CCOc1ccc(C(=O)CCC(=O)NCCC(c2ccccc2)c2ccccc2)cc1OCC. The minimum atomic E-state index is -0.121. The largest absolute Gasteiger partial charge is 0.490 e. The van der Waals surface area contributed by atoms with Crippen molar-refractivity contribution in [2.75, 3.05) is 19.8 Å². The van der Waals surface area contributed by atoms with Crippen molar-refractivity contribution in [1.82, 2.24) is 5.32 Å². The van der Waals surface area contributed by atoms with E-state index in [4.69, 9.17) is 9.47 Å². The average molecular weight is 460 g/mol. The van der Waals surface area contributed by atoms with Gasteiger partial charge in [0, 0.05) is 30.9 Å². The first-order valence-electron chi connectivity index (χ1n) is 11.9. The van der Waals surface area contributed by atoms with Crippen LogP contribution in [0.1, 0.15) is 60.5 Å². The molecule has 0 saturated carbocycles. The number of rotatable bonds is 13. The van der Waals surface area contributed by atoms with Crippen LogP contribution in [0.25, 0.3) is 0 Å². The van der Waals surface area contributed by atoms with Crippen molar-refractivity contribution in [2.45, 2.75) is 39.0 Å². The summed E-state index contributed by atoms with van der Waals surface area (Å²) >= 11 is 0. The smallest absolute Gasteiger partial charge is 0.220 e. The van der Waals surface area contributed by atoms with Crippen LogP contribution in [0.5, 0.6) is 11.5 Å². The number of Topliss-reactive ketones (excluding diaryl/α,β-unsaturated/α-hetero) is 1. The first-order valence-corrected chi connectivity index (χ1v) is 11.9. The molecule has 0 unspecified atom stereocenters. The molecule has 5 heteroatoms. The molecule has 0 aliphatic rings. The molecule has 1 amide bonds. The van der Waals surface area contributed by atoms with Gasteiger partial charge in [0.05, 0.1) is 13.2 Å². The highest BCUT2D eigenvalue weighted by Gasteiger charge is 2.16. The highest BCUT2D eigenvalue weighted by Crippen LogP contribution is 2.29. The summed E-state index contributed by atoms with van der Waals surface area (Å²) in [4.78, 5) is 25.1. The third kappa shape index (κ3) is 7.20. The second-order valence-electron chi connectivity index (χ2n) is 7.96. The molecule has 34 heavy (non-hydrogen) atoms. The Labute approximate surface area is 202 Å². The maximum absolute atomic E-state index is 12.7. The highest BCUT2D eigenvalue weighted by atomic mass is 16.5. The molecule has 0 aliphatic heterocycles. The minimum absolute atomic E-state index is 0.0920. The standard InChI is InChI=1S/C29H33NO4/c1-3-33-27-17-15-24(21-28(27)34-4-2)26(31)16-18-29(32)30-20-19-25(22-11-7-5-8-12-22)23-13-9-6-10-14-23/h5-15,17,21,25H,3-4,16,18-20H2,1-2H3,(H,30,32). The van der Waals surface area contributed by atoms with Crippen molar-refractivity contribution in [1.29, 1.82) is 0 Å². The average Bonchev–Trinajstić information content (AvgIpc) is 2.87. The third-order valence-corrected chi connectivity index (χ3v) is 5.60. The lowest BCUT2D eigenvalue weighted by molar-refractivity contribution is -0.121. The van der Waals surface area contributed by atoms with E-state index in [2.05, 4.69) is 29.6 Å². The zero-order valence-electron chi connectivity index (χ0n) is 20.0. The van der Waals surface area contributed by atoms with Crippen LogP contribution in [0.3, 0.4) is 0 Å². The molecule has 5 nitrogen and oxygen atoms in total. The zero-order valence-corrected chi connectivity index (χ0v) is 20.0. The van der Waals surface area contributed by atoms with Crippen LogP contribution in [-0.2, 0) is 4.79 Å². The Morgan fingerprint density at radius 2 is 1.35 bits per heavy atom. The summed E-state index contributed by atoms with van der Waals surface area (Å²) in [6, 6.07) is 25.8. The molecular weight excluding hydrogens is 426 g/mol. The second kappa shape index (κ2) is 13.2. The number of carbonyl (C=O) groups excluding carboxylic acids is 2. The van der Waals surface area contributed by atoms with Gasteiger partial charge in [0.25, 0.3) is 0 Å². The number of hydrogen-bond acceptors (Lipinski definition) is 4. The van der Waals surface area contributed by atoms with Gasteiger partial charge in [-0.3, -0.25) is 9.59 Å². The lowest BCUT2D eigenvalue weighted by Gasteiger charge is -2.18. The predicted octanol–water partition coefficient (Wildman–Crippen LogP) is 5.79. The number of benzene rings is 3. The molecule has 0 atom stereocenters. The number of amides is 1. The molecule has 178 valence electrons. The maximum atomic E-state index is 12.7. The van der Waals surface area contributed by atoms with E-state index < -0.39 is 0 Å². The Balaban J connectivity index is 1.52. The van der Waals surface area contributed by atoms with Gasteiger partial charge in [0.15, 0.2) is 17.3 Å². The predicted molar refractivity (Wildman–Crippen MR) is 135 cm³/mol. The van der Waals surface area contributed by atoms with E-state index in [0.717, 1.165) is 6.42 Å². The molecule has 3 aromatic carbocycles. The number of carbonyl (C=O) groups is 2. The first-order chi connectivity index (χ1) is 16.6. The van der Waals surface area contributed by atoms with E-state index >= 15 is 0 Å². The summed E-state index contributed by atoms with van der Waals surface area (Å²) in [6.45, 7) is 5.32. The van der Waals surface area contributed by atoms with E-state index in [9.17, 15) is 9.59 Å². The van der Waals surface area contributed by atoms with Crippen LogP contribution in [-0.4, -0.2) is 31.4 Å². The molecule has 0 aliphatic carbocycles. The van der Waals surface area contributed by atoms with Gasteiger partial charge >= 0.3 is 0 Å². The molecule has 0 spiro atoms. The van der Waals surface area contributed by atoms with Crippen LogP contribution in [0.15, 0.2) is 78.9 Å².